The molecule has 0 bridgehead atoms. The van der Waals surface area contributed by atoms with E-state index in [4.69, 9.17) is 4.74 Å². The fourth-order valence-electron chi connectivity index (χ4n) is 2.81. The van der Waals surface area contributed by atoms with Gasteiger partial charge >= 0.3 is 0 Å². The van der Waals surface area contributed by atoms with E-state index in [1.54, 1.807) is 6.92 Å². The van der Waals surface area contributed by atoms with Gasteiger partial charge < -0.3 is 15.4 Å². The molecule has 2 amide bonds. The van der Waals surface area contributed by atoms with Gasteiger partial charge in [0.2, 0.25) is 16.9 Å². The average molecular weight is 443 g/mol. The van der Waals surface area contributed by atoms with Crippen molar-refractivity contribution < 1.29 is 19.1 Å². The first-order valence-electron chi connectivity index (χ1n) is 10.4. The number of benzene rings is 2. The third kappa shape index (κ3) is 8.55. The highest BCUT2D eigenvalue weighted by Crippen LogP contribution is 2.16. The van der Waals surface area contributed by atoms with E-state index in [9.17, 15) is 14.4 Å². The second-order valence-corrected chi connectivity index (χ2v) is 8.26. The molecule has 0 fully saturated rings. The summed E-state index contributed by atoms with van der Waals surface area (Å²) in [6.07, 6.45) is 0.507. The van der Waals surface area contributed by atoms with E-state index in [1.807, 2.05) is 68.4 Å². The predicted octanol–water partition coefficient (Wildman–Crippen LogP) is 3.80. The summed E-state index contributed by atoms with van der Waals surface area (Å²) < 4.78 is 5.77. The van der Waals surface area contributed by atoms with Crippen LogP contribution in [0, 0.1) is 5.92 Å². The van der Waals surface area contributed by atoms with Crippen molar-refractivity contribution in [3.63, 3.8) is 0 Å². The molecular formula is C24H30N2O4S. The van der Waals surface area contributed by atoms with E-state index in [-0.39, 0.29) is 35.3 Å². The number of anilines is 1. The Morgan fingerprint density at radius 1 is 1.00 bits per heavy atom. The van der Waals surface area contributed by atoms with Crippen molar-refractivity contribution in [1.82, 2.24) is 5.32 Å². The molecule has 0 saturated carbocycles. The van der Waals surface area contributed by atoms with Crippen LogP contribution in [0.25, 0.3) is 0 Å². The maximum atomic E-state index is 12.3. The lowest BCUT2D eigenvalue weighted by molar-refractivity contribution is -0.130. The molecule has 0 aliphatic heterocycles. The molecule has 1 unspecified atom stereocenters. The third-order valence-electron chi connectivity index (χ3n) is 4.92. The van der Waals surface area contributed by atoms with Crippen LogP contribution in [0.1, 0.15) is 31.9 Å². The van der Waals surface area contributed by atoms with Gasteiger partial charge in [0.25, 0.3) is 0 Å². The Morgan fingerprint density at radius 3 is 2.39 bits per heavy atom. The Hall–Kier alpha value is -2.64. The predicted molar refractivity (Wildman–Crippen MR) is 125 cm³/mol. The van der Waals surface area contributed by atoms with Crippen molar-refractivity contribution >= 4 is 34.4 Å². The summed E-state index contributed by atoms with van der Waals surface area (Å²) in [7, 11) is 0. The molecule has 0 radical (unpaired) electrons. The van der Waals surface area contributed by atoms with E-state index >= 15 is 0 Å². The van der Waals surface area contributed by atoms with Gasteiger partial charge in [-0.3, -0.25) is 14.4 Å². The molecule has 2 rings (SSSR count). The number of hydrogen-bond acceptors (Lipinski definition) is 5. The van der Waals surface area contributed by atoms with Crippen LogP contribution in [0.4, 0.5) is 5.69 Å². The van der Waals surface area contributed by atoms with Crippen molar-refractivity contribution in [2.75, 3.05) is 17.6 Å². The normalized spacial score (nSPS) is 12.6. The number of thioether (sulfide) groups is 1. The fourth-order valence-corrected chi connectivity index (χ4v) is 3.35. The van der Waals surface area contributed by atoms with Crippen LogP contribution in [0.5, 0.6) is 0 Å². The largest absolute Gasteiger partial charge is 0.373 e. The lowest BCUT2D eigenvalue weighted by Crippen LogP contribution is -2.38. The van der Waals surface area contributed by atoms with Gasteiger partial charge in [0, 0.05) is 5.69 Å². The number of hydrogen-bond donors (Lipinski definition) is 2. The molecule has 2 aromatic rings. The molecule has 0 aliphatic carbocycles. The van der Waals surface area contributed by atoms with Gasteiger partial charge in [-0.15, -0.1) is 0 Å². The van der Waals surface area contributed by atoms with Crippen LogP contribution in [0.2, 0.25) is 0 Å². The van der Waals surface area contributed by atoms with Gasteiger partial charge in [0.15, 0.2) is 0 Å². The number of rotatable bonds is 11. The van der Waals surface area contributed by atoms with Crippen molar-refractivity contribution in [2.45, 2.75) is 39.9 Å². The molecular weight excluding hydrogens is 412 g/mol. The molecule has 166 valence electrons. The summed E-state index contributed by atoms with van der Waals surface area (Å²) in [6, 6.07) is 17.3. The molecule has 0 aromatic heterocycles. The Bertz CT molecular complexity index is 873. The monoisotopic (exact) mass is 442 g/mol. The summed E-state index contributed by atoms with van der Waals surface area (Å²) in [5.41, 5.74) is 2.83. The minimum Gasteiger partial charge on any atom is -0.373 e. The molecule has 6 nitrogen and oxygen atoms in total. The third-order valence-corrected chi connectivity index (χ3v) is 5.79. The van der Waals surface area contributed by atoms with Crippen LogP contribution in [-0.2, 0) is 32.1 Å². The number of carbonyl (C=O) groups excluding carboxylic acids is 3. The van der Waals surface area contributed by atoms with Gasteiger partial charge in [0.1, 0.15) is 0 Å². The van der Waals surface area contributed by atoms with Gasteiger partial charge in [0.05, 0.1) is 30.9 Å². The quantitative estimate of drug-likeness (QED) is 0.553. The maximum absolute atomic E-state index is 12.3. The van der Waals surface area contributed by atoms with Crippen LogP contribution in [-0.4, -0.2) is 35.3 Å². The summed E-state index contributed by atoms with van der Waals surface area (Å²) in [4.78, 5) is 36.5. The SMILES string of the molecule is CCc1ccccc1NC(=O)CSC(=O)CNC(=O)[C@@H](C)C(C)OCc1ccccc1. The first-order chi connectivity index (χ1) is 14.9. The first-order valence-corrected chi connectivity index (χ1v) is 11.4. The minimum atomic E-state index is -0.407. The smallest absolute Gasteiger partial charge is 0.234 e. The maximum Gasteiger partial charge on any atom is 0.234 e. The zero-order valence-corrected chi connectivity index (χ0v) is 19.0. The van der Waals surface area contributed by atoms with Crippen LogP contribution in [0.15, 0.2) is 54.6 Å². The minimum absolute atomic E-state index is 0.00110. The second-order valence-electron chi connectivity index (χ2n) is 7.23. The number of carbonyl (C=O) groups is 3. The Kier molecular flexibility index (Phi) is 10.3. The zero-order chi connectivity index (χ0) is 22.6. The Balaban J connectivity index is 1.68. The topological polar surface area (TPSA) is 84.5 Å². The van der Waals surface area contributed by atoms with Crippen molar-refractivity contribution in [2.24, 2.45) is 5.92 Å². The van der Waals surface area contributed by atoms with Crippen LogP contribution < -0.4 is 10.6 Å². The van der Waals surface area contributed by atoms with Crippen LogP contribution in [0.3, 0.4) is 0 Å². The zero-order valence-electron chi connectivity index (χ0n) is 18.2. The van der Waals surface area contributed by atoms with E-state index in [0.717, 1.165) is 35.0 Å². The lowest BCUT2D eigenvalue weighted by atomic mass is 10.1. The van der Waals surface area contributed by atoms with Gasteiger partial charge in [-0.2, -0.15) is 0 Å². The second kappa shape index (κ2) is 12.9. The number of para-hydroxylation sites is 1. The van der Waals surface area contributed by atoms with Gasteiger partial charge in [-0.25, -0.2) is 0 Å². The molecule has 2 aromatic carbocycles. The fraction of sp³-hybridized carbons (Fsp3) is 0.375. The summed E-state index contributed by atoms with van der Waals surface area (Å²) in [6.45, 7) is 5.91. The summed E-state index contributed by atoms with van der Waals surface area (Å²) in [5, 5.41) is 5.19. The standard InChI is InChI=1S/C24H30N2O4S/c1-4-20-12-8-9-13-21(20)26-22(27)16-31-23(28)14-25-24(29)17(2)18(3)30-15-19-10-6-5-7-11-19/h5-13,17-18H,4,14-16H2,1-3H3,(H,25,29)(H,26,27)/t17-,18?/m0/s1. The highest BCUT2D eigenvalue weighted by Gasteiger charge is 2.21. The molecule has 31 heavy (non-hydrogen) atoms. The molecule has 2 N–H and O–H groups in total. The van der Waals surface area contributed by atoms with E-state index in [0.29, 0.717) is 6.61 Å². The van der Waals surface area contributed by atoms with Gasteiger partial charge in [-0.05, 0) is 30.5 Å². The average Bonchev–Trinajstić information content (AvgIpc) is 2.80. The number of amides is 2. The van der Waals surface area contributed by atoms with E-state index < -0.39 is 5.92 Å². The molecule has 0 heterocycles. The van der Waals surface area contributed by atoms with Crippen LogP contribution >= 0.6 is 11.8 Å². The lowest BCUT2D eigenvalue weighted by Gasteiger charge is -2.20. The highest BCUT2D eigenvalue weighted by molar-refractivity contribution is 8.14. The van der Waals surface area contributed by atoms with E-state index in [1.165, 1.54) is 0 Å². The number of nitrogens with one attached hydrogen (secondary N) is 2. The summed E-state index contributed by atoms with van der Waals surface area (Å²) >= 11 is 0.890. The van der Waals surface area contributed by atoms with Crippen molar-refractivity contribution in [3.05, 3.63) is 65.7 Å². The van der Waals surface area contributed by atoms with Crippen molar-refractivity contribution in [3.8, 4) is 0 Å². The summed E-state index contributed by atoms with van der Waals surface area (Å²) in [5.74, 6) is -0.910. The number of aryl methyl sites for hydroxylation is 1. The Morgan fingerprint density at radius 2 is 1.68 bits per heavy atom. The molecule has 0 spiro atoms. The van der Waals surface area contributed by atoms with Gasteiger partial charge in [-0.1, -0.05) is 74.1 Å². The Labute approximate surface area is 188 Å². The number of ether oxygens (including phenoxy) is 1. The highest BCUT2D eigenvalue weighted by atomic mass is 32.2. The first kappa shape index (κ1) is 24.6. The molecule has 0 saturated heterocycles. The molecule has 0 aliphatic rings. The van der Waals surface area contributed by atoms with E-state index in [2.05, 4.69) is 10.6 Å². The molecule has 7 heteroatoms. The van der Waals surface area contributed by atoms with Crippen molar-refractivity contribution in [1.29, 1.82) is 0 Å². The molecule has 2 atom stereocenters.